The molecule has 23 heavy (non-hydrogen) atoms. The monoisotopic (exact) mass is 325 g/mol. The Morgan fingerprint density at radius 1 is 1.35 bits per heavy atom. The van der Waals surface area contributed by atoms with Crippen molar-refractivity contribution >= 4 is 17.5 Å². The number of hydrogen-bond acceptors (Lipinski definition) is 5. The first-order valence-electron chi connectivity index (χ1n) is 7.88. The van der Waals surface area contributed by atoms with E-state index < -0.39 is 18.4 Å². The van der Waals surface area contributed by atoms with Crippen LogP contribution >= 0.6 is 0 Å². The van der Waals surface area contributed by atoms with Gasteiger partial charge in [0.25, 0.3) is 0 Å². The Balaban J connectivity index is 1.64. The Labute approximate surface area is 133 Å². The molecule has 1 N–H and O–H groups in total. The molecule has 2 aliphatic heterocycles. The average molecular weight is 325 g/mol. The fraction of sp³-hybridized carbons (Fsp3) is 0.667. The zero-order valence-corrected chi connectivity index (χ0v) is 13.2. The van der Waals surface area contributed by atoms with Crippen LogP contribution in [0.3, 0.4) is 0 Å². The van der Waals surface area contributed by atoms with E-state index in [1.807, 2.05) is 11.8 Å². The number of likely N-dealkylation sites (tertiary alicyclic amines) is 1. The molecule has 0 aromatic carbocycles. The van der Waals surface area contributed by atoms with Gasteiger partial charge >= 0.3 is 0 Å². The van der Waals surface area contributed by atoms with Crippen LogP contribution in [0.4, 0.5) is 20.4 Å². The van der Waals surface area contributed by atoms with Gasteiger partial charge in [-0.25, -0.2) is 18.7 Å². The molecule has 0 spiro atoms. The minimum Gasteiger partial charge on any atom is -0.358 e. The predicted octanol–water partition coefficient (Wildman–Crippen LogP) is 1.39. The van der Waals surface area contributed by atoms with Gasteiger partial charge in [0, 0.05) is 18.7 Å². The number of carbonyl (C=O) groups excluding carboxylic acids is 1. The third-order valence-corrected chi connectivity index (χ3v) is 4.50. The van der Waals surface area contributed by atoms with E-state index in [0.717, 1.165) is 13.0 Å². The summed E-state index contributed by atoms with van der Waals surface area (Å²) in [5.74, 6) is 0.960. The first-order valence-corrected chi connectivity index (χ1v) is 7.88. The molecule has 1 amide bonds. The number of nitrogens with zero attached hydrogens (tertiary/aromatic N) is 4. The van der Waals surface area contributed by atoms with E-state index in [2.05, 4.69) is 15.3 Å². The molecule has 0 bridgehead atoms. The molecule has 0 unspecified atom stereocenters. The number of alkyl halides is 2. The normalized spacial score (nSPS) is 28.4. The van der Waals surface area contributed by atoms with Crippen molar-refractivity contribution in [3.63, 3.8) is 0 Å². The lowest BCUT2D eigenvalue weighted by molar-refractivity contribution is -0.138. The molecule has 3 heterocycles. The number of rotatable bonds is 4. The van der Waals surface area contributed by atoms with Gasteiger partial charge in [0.1, 0.15) is 24.0 Å². The van der Waals surface area contributed by atoms with E-state index in [9.17, 15) is 13.6 Å². The summed E-state index contributed by atoms with van der Waals surface area (Å²) < 4.78 is 26.6. The van der Waals surface area contributed by atoms with Gasteiger partial charge in [-0.15, -0.1) is 0 Å². The highest BCUT2D eigenvalue weighted by Crippen LogP contribution is 2.24. The van der Waals surface area contributed by atoms with Gasteiger partial charge in [-0.3, -0.25) is 4.79 Å². The quantitative estimate of drug-likeness (QED) is 0.906. The first-order chi connectivity index (χ1) is 11.0. The topological polar surface area (TPSA) is 61.4 Å². The Bertz CT molecular complexity index is 577. The molecule has 4 atom stereocenters. The third-order valence-electron chi connectivity index (χ3n) is 4.50. The summed E-state index contributed by atoms with van der Waals surface area (Å²) in [6.07, 6.45) is -0.621. The second-order valence-corrected chi connectivity index (χ2v) is 6.23. The minimum atomic E-state index is -1.49. The summed E-state index contributed by atoms with van der Waals surface area (Å²) in [6, 6.07) is 1.48. The van der Waals surface area contributed by atoms with E-state index in [1.165, 1.54) is 6.33 Å². The highest BCUT2D eigenvalue weighted by atomic mass is 19.2. The van der Waals surface area contributed by atoms with Crippen LogP contribution in [0.1, 0.15) is 20.3 Å². The number of amides is 1. The van der Waals surface area contributed by atoms with Gasteiger partial charge in [0.15, 0.2) is 12.3 Å². The second kappa shape index (κ2) is 6.25. The molecule has 6 nitrogen and oxygen atoms in total. The molecule has 1 aromatic heterocycles. The number of halogens is 2. The zero-order valence-electron chi connectivity index (χ0n) is 13.2. The molecule has 0 saturated carbocycles. The largest absolute Gasteiger partial charge is 0.358 e. The number of carbonyl (C=O) groups is 1. The van der Waals surface area contributed by atoms with E-state index in [-0.39, 0.29) is 25.0 Å². The van der Waals surface area contributed by atoms with Crippen molar-refractivity contribution in [3.8, 4) is 0 Å². The SMILES string of the molecule is C[C@@H](Nc1cc(N2C[C@H](F)[C@@H](F)C2)ncn1)C(=O)N1CC[C@@H]1C. The summed E-state index contributed by atoms with van der Waals surface area (Å²) in [6.45, 7) is 4.55. The van der Waals surface area contributed by atoms with E-state index in [1.54, 1.807) is 17.9 Å². The van der Waals surface area contributed by atoms with Crippen molar-refractivity contribution in [2.75, 3.05) is 29.9 Å². The van der Waals surface area contributed by atoms with Crippen molar-refractivity contribution in [2.24, 2.45) is 0 Å². The van der Waals surface area contributed by atoms with Crippen LogP contribution in [0.25, 0.3) is 0 Å². The zero-order chi connectivity index (χ0) is 16.6. The fourth-order valence-corrected chi connectivity index (χ4v) is 2.89. The number of aromatic nitrogens is 2. The lowest BCUT2D eigenvalue weighted by Crippen LogP contribution is -2.53. The van der Waals surface area contributed by atoms with Crippen LogP contribution in [0.2, 0.25) is 0 Å². The number of nitrogens with one attached hydrogen (secondary N) is 1. The lowest BCUT2D eigenvalue weighted by Gasteiger charge is -2.40. The van der Waals surface area contributed by atoms with E-state index in [4.69, 9.17) is 0 Å². The first kappa shape index (κ1) is 15.9. The molecule has 126 valence electrons. The summed E-state index contributed by atoms with van der Waals surface area (Å²) >= 11 is 0. The molecule has 0 radical (unpaired) electrons. The van der Waals surface area contributed by atoms with Crippen LogP contribution in [-0.2, 0) is 4.79 Å². The summed E-state index contributed by atoms with van der Waals surface area (Å²) in [5.41, 5.74) is 0. The maximum Gasteiger partial charge on any atom is 0.245 e. The fourth-order valence-electron chi connectivity index (χ4n) is 2.89. The van der Waals surface area contributed by atoms with Gasteiger partial charge in [0.05, 0.1) is 13.1 Å². The van der Waals surface area contributed by atoms with Gasteiger partial charge in [0.2, 0.25) is 5.91 Å². The standard InChI is InChI=1S/C15H21F2N5O/c1-9-3-4-22(9)15(23)10(2)20-13-5-14(19-8-18-13)21-6-11(16)12(17)7-21/h5,8-12H,3-4,6-7H2,1-2H3,(H,18,19,20)/t9-,10+,11-,12-/m0/s1. The van der Waals surface area contributed by atoms with Gasteiger partial charge in [-0.1, -0.05) is 0 Å². The van der Waals surface area contributed by atoms with Crippen LogP contribution in [-0.4, -0.2) is 64.8 Å². The maximum atomic E-state index is 13.3. The molecular formula is C15H21F2N5O. The highest BCUT2D eigenvalue weighted by molar-refractivity contribution is 5.85. The molecule has 2 aliphatic rings. The van der Waals surface area contributed by atoms with Crippen LogP contribution in [0.15, 0.2) is 12.4 Å². The van der Waals surface area contributed by atoms with Crippen molar-refractivity contribution in [1.82, 2.24) is 14.9 Å². The average Bonchev–Trinajstić information content (AvgIpc) is 2.85. The third kappa shape index (κ3) is 3.20. The minimum absolute atomic E-state index is 0.0165. The van der Waals surface area contributed by atoms with E-state index >= 15 is 0 Å². The summed E-state index contributed by atoms with van der Waals surface area (Å²) in [5, 5.41) is 3.04. The number of anilines is 2. The Morgan fingerprint density at radius 2 is 2.04 bits per heavy atom. The molecular weight excluding hydrogens is 304 g/mol. The Morgan fingerprint density at radius 3 is 2.61 bits per heavy atom. The predicted molar refractivity (Wildman–Crippen MR) is 82.9 cm³/mol. The Kier molecular flexibility index (Phi) is 4.32. The molecule has 1 aromatic rings. The Hall–Kier alpha value is -1.99. The summed E-state index contributed by atoms with van der Waals surface area (Å²) in [7, 11) is 0. The van der Waals surface area contributed by atoms with Crippen LogP contribution < -0.4 is 10.2 Å². The highest BCUT2D eigenvalue weighted by Gasteiger charge is 2.34. The lowest BCUT2D eigenvalue weighted by atomic mass is 10.0. The molecule has 2 fully saturated rings. The van der Waals surface area contributed by atoms with Crippen molar-refractivity contribution in [1.29, 1.82) is 0 Å². The molecule has 0 aliphatic carbocycles. The molecule has 8 heteroatoms. The smallest absolute Gasteiger partial charge is 0.245 e. The van der Waals surface area contributed by atoms with Crippen LogP contribution in [0.5, 0.6) is 0 Å². The second-order valence-electron chi connectivity index (χ2n) is 6.23. The van der Waals surface area contributed by atoms with Gasteiger partial charge in [-0.2, -0.15) is 0 Å². The number of hydrogen-bond donors (Lipinski definition) is 1. The van der Waals surface area contributed by atoms with Crippen molar-refractivity contribution in [2.45, 2.75) is 44.7 Å². The maximum absolute atomic E-state index is 13.3. The van der Waals surface area contributed by atoms with Gasteiger partial charge < -0.3 is 15.1 Å². The van der Waals surface area contributed by atoms with Crippen LogP contribution in [0, 0.1) is 0 Å². The molecule has 3 rings (SSSR count). The van der Waals surface area contributed by atoms with Crippen molar-refractivity contribution < 1.29 is 13.6 Å². The molecule has 2 saturated heterocycles. The summed E-state index contributed by atoms with van der Waals surface area (Å²) in [4.78, 5) is 23.8. The van der Waals surface area contributed by atoms with Crippen molar-refractivity contribution in [3.05, 3.63) is 12.4 Å². The van der Waals surface area contributed by atoms with E-state index in [0.29, 0.717) is 11.6 Å². The van der Waals surface area contributed by atoms with Gasteiger partial charge in [-0.05, 0) is 20.3 Å².